The summed E-state index contributed by atoms with van der Waals surface area (Å²) in [5, 5.41) is 1.35. The molecule has 2 N–H and O–H groups in total. The highest BCUT2D eigenvalue weighted by atomic mass is 35.5. The Labute approximate surface area is 93.5 Å². The monoisotopic (exact) mass is 231 g/mol. The van der Waals surface area contributed by atoms with Gasteiger partial charge in [0.15, 0.2) is 0 Å². The van der Waals surface area contributed by atoms with E-state index in [0.717, 1.165) is 17.2 Å². The van der Waals surface area contributed by atoms with E-state index in [4.69, 9.17) is 17.3 Å². The first-order valence-electron chi connectivity index (χ1n) is 4.54. The third-order valence-corrected chi connectivity index (χ3v) is 3.64. The van der Waals surface area contributed by atoms with E-state index >= 15 is 0 Å². The fourth-order valence-electron chi connectivity index (χ4n) is 0.805. The zero-order valence-corrected chi connectivity index (χ0v) is 9.90. The van der Waals surface area contributed by atoms with Crippen molar-refractivity contribution in [3.05, 3.63) is 11.2 Å². The van der Waals surface area contributed by atoms with Gasteiger partial charge in [-0.15, -0.1) is 11.8 Å². The van der Waals surface area contributed by atoms with Crippen LogP contribution < -0.4 is 5.73 Å². The van der Waals surface area contributed by atoms with Gasteiger partial charge in [-0.05, 0) is 5.92 Å². The van der Waals surface area contributed by atoms with E-state index < -0.39 is 0 Å². The van der Waals surface area contributed by atoms with Crippen LogP contribution in [-0.2, 0) is 0 Å². The maximum Gasteiger partial charge on any atom is 0.221 e. The normalized spacial score (nSPS) is 12.8. The smallest absolute Gasteiger partial charge is 0.221 e. The summed E-state index contributed by atoms with van der Waals surface area (Å²) in [7, 11) is 0. The molecular formula is C9H14ClN3S. The maximum atomic E-state index is 5.92. The molecule has 3 nitrogen and oxygen atoms in total. The molecule has 0 fully saturated rings. The summed E-state index contributed by atoms with van der Waals surface area (Å²) < 4.78 is 0. The van der Waals surface area contributed by atoms with Gasteiger partial charge in [-0.25, -0.2) is 9.97 Å². The molecule has 1 aromatic heterocycles. The standard InChI is InChI=1S/C9H14ClN3S/c1-3-6(2)5-14-8-7(10)4-12-9(11)13-8/h4,6H,3,5H2,1-2H3,(H2,11,12,13). The molecule has 78 valence electrons. The van der Waals surface area contributed by atoms with Crippen LogP contribution in [0.1, 0.15) is 20.3 Å². The molecule has 14 heavy (non-hydrogen) atoms. The fourth-order valence-corrected chi connectivity index (χ4v) is 2.09. The van der Waals surface area contributed by atoms with Gasteiger partial charge in [0.2, 0.25) is 5.95 Å². The van der Waals surface area contributed by atoms with Crippen LogP contribution in [0.15, 0.2) is 11.2 Å². The zero-order chi connectivity index (χ0) is 10.6. The topological polar surface area (TPSA) is 51.8 Å². The number of rotatable bonds is 4. The Morgan fingerprint density at radius 2 is 2.36 bits per heavy atom. The highest BCUT2D eigenvalue weighted by Gasteiger charge is 2.06. The predicted octanol–water partition coefficient (Wildman–Crippen LogP) is 2.85. The quantitative estimate of drug-likeness (QED) is 0.640. The van der Waals surface area contributed by atoms with E-state index in [1.807, 2.05) is 0 Å². The second-order valence-electron chi connectivity index (χ2n) is 3.21. The van der Waals surface area contributed by atoms with Gasteiger partial charge in [-0.2, -0.15) is 0 Å². The van der Waals surface area contributed by atoms with Crippen molar-refractivity contribution in [2.45, 2.75) is 25.3 Å². The second-order valence-corrected chi connectivity index (χ2v) is 4.62. The lowest BCUT2D eigenvalue weighted by Gasteiger charge is -2.07. The van der Waals surface area contributed by atoms with Crippen molar-refractivity contribution in [1.82, 2.24) is 9.97 Å². The first kappa shape index (κ1) is 11.6. The SMILES string of the molecule is CCC(C)CSc1nc(N)ncc1Cl. The Hall–Kier alpha value is -0.480. The van der Waals surface area contributed by atoms with Crippen LogP contribution >= 0.6 is 23.4 Å². The summed E-state index contributed by atoms with van der Waals surface area (Å²) in [4.78, 5) is 7.88. The molecule has 0 bridgehead atoms. The van der Waals surface area contributed by atoms with Crippen LogP contribution in [0.4, 0.5) is 5.95 Å². The van der Waals surface area contributed by atoms with Crippen LogP contribution in [0.3, 0.4) is 0 Å². The van der Waals surface area contributed by atoms with Crippen molar-refractivity contribution >= 4 is 29.3 Å². The van der Waals surface area contributed by atoms with E-state index in [1.54, 1.807) is 18.0 Å². The Kier molecular flexibility index (Phi) is 4.48. The summed E-state index contributed by atoms with van der Waals surface area (Å²) in [5.74, 6) is 1.94. The van der Waals surface area contributed by atoms with Gasteiger partial charge in [-0.3, -0.25) is 0 Å². The summed E-state index contributed by atoms with van der Waals surface area (Å²) >= 11 is 7.55. The minimum absolute atomic E-state index is 0.279. The van der Waals surface area contributed by atoms with Gasteiger partial charge in [0.05, 0.1) is 11.2 Å². The molecule has 0 saturated heterocycles. The molecule has 1 heterocycles. The number of anilines is 1. The van der Waals surface area contributed by atoms with E-state index in [2.05, 4.69) is 23.8 Å². The highest BCUT2D eigenvalue weighted by Crippen LogP contribution is 2.26. The van der Waals surface area contributed by atoms with Gasteiger partial charge in [0, 0.05) is 5.75 Å². The molecule has 1 rings (SSSR count). The van der Waals surface area contributed by atoms with Crippen molar-refractivity contribution in [3.8, 4) is 0 Å². The lowest BCUT2D eigenvalue weighted by atomic mass is 10.2. The number of aromatic nitrogens is 2. The van der Waals surface area contributed by atoms with Crippen molar-refractivity contribution in [2.24, 2.45) is 5.92 Å². The molecule has 5 heteroatoms. The van der Waals surface area contributed by atoms with Crippen molar-refractivity contribution < 1.29 is 0 Å². The minimum atomic E-state index is 0.279. The lowest BCUT2D eigenvalue weighted by Crippen LogP contribution is -1.99. The van der Waals surface area contributed by atoms with Crippen LogP contribution in [-0.4, -0.2) is 15.7 Å². The van der Waals surface area contributed by atoms with Gasteiger partial charge in [0.25, 0.3) is 0 Å². The average molecular weight is 232 g/mol. The summed E-state index contributed by atoms with van der Waals surface area (Å²) in [6.07, 6.45) is 2.70. The molecular weight excluding hydrogens is 218 g/mol. The molecule has 0 aromatic carbocycles. The van der Waals surface area contributed by atoms with Gasteiger partial charge in [0.1, 0.15) is 5.03 Å². The molecule has 0 saturated carbocycles. The first-order valence-corrected chi connectivity index (χ1v) is 5.90. The van der Waals surface area contributed by atoms with Crippen LogP contribution in [0, 0.1) is 5.92 Å². The van der Waals surface area contributed by atoms with Crippen LogP contribution in [0.5, 0.6) is 0 Å². The van der Waals surface area contributed by atoms with Gasteiger partial charge >= 0.3 is 0 Å². The minimum Gasteiger partial charge on any atom is -0.368 e. The number of hydrogen-bond acceptors (Lipinski definition) is 4. The van der Waals surface area contributed by atoms with Gasteiger partial charge < -0.3 is 5.73 Å². The van der Waals surface area contributed by atoms with E-state index in [-0.39, 0.29) is 5.95 Å². The van der Waals surface area contributed by atoms with Crippen molar-refractivity contribution in [1.29, 1.82) is 0 Å². The fraction of sp³-hybridized carbons (Fsp3) is 0.556. The Bertz CT molecular complexity index is 306. The highest BCUT2D eigenvalue weighted by molar-refractivity contribution is 7.99. The maximum absolute atomic E-state index is 5.92. The Morgan fingerprint density at radius 3 is 3.00 bits per heavy atom. The average Bonchev–Trinajstić information content (AvgIpc) is 2.19. The Balaban J connectivity index is 2.62. The second kappa shape index (κ2) is 5.41. The number of hydrogen-bond donors (Lipinski definition) is 1. The number of nitrogen functional groups attached to an aromatic ring is 1. The third-order valence-electron chi connectivity index (χ3n) is 1.93. The number of halogens is 1. The lowest BCUT2D eigenvalue weighted by molar-refractivity contribution is 0.636. The van der Waals surface area contributed by atoms with E-state index in [1.165, 1.54) is 0 Å². The first-order chi connectivity index (χ1) is 6.63. The van der Waals surface area contributed by atoms with Crippen LogP contribution in [0.25, 0.3) is 0 Å². The summed E-state index contributed by atoms with van der Waals surface area (Å²) in [5.41, 5.74) is 5.47. The third kappa shape index (κ3) is 3.35. The molecule has 0 aliphatic heterocycles. The van der Waals surface area contributed by atoms with Crippen LogP contribution in [0.2, 0.25) is 5.02 Å². The van der Waals surface area contributed by atoms with Gasteiger partial charge in [-0.1, -0.05) is 31.9 Å². The number of nitrogens with two attached hydrogens (primary N) is 1. The summed E-state index contributed by atoms with van der Waals surface area (Å²) in [6.45, 7) is 4.37. The molecule has 1 aromatic rings. The molecule has 0 spiro atoms. The molecule has 0 amide bonds. The zero-order valence-electron chi connectivity index (χ0n) is 8.33. The number of thioether (sulfide) groups is 1. The van der Waals surface area contributed by atoms with Crippen molar-refractivity contribution in [3.63, 3.8) is 0 Å². The molecule has 0 aliphatic carbocycles. The number of nitrogens with zero attached hydrogens (tertiary/aromatic N) is 2. The predicted molar refractivity (Wildman–Crippen MR) is 61.6 cm³/mol. The molecule has 1 unspecified atom stereocenters. The molecule has 1 atom stereocenters. The molecule has 0 radical (unpaired) electrons. The van der Waals surface area contributed by atoms with E-state index in [0.29, 0.717) is 10.9 Å². The molecule has 0 aliphatic rings. The summed E-state index contributed by atoms with van der Waals surface area (Å²) in [6, 6.07) is 0. The van der Waals surface area contributed by atoms with Crippen molar-refractivity contribution in [2.75, 3.05) is 11.5 Å². The Morgan fingerprint density at radius 1 is 1.64 bits per heavy atom. The van der Waals surface area contributed by atoms with E-state index in [9.17, 15) is 0 Å². The largest absolute Gasteiger partial charge is 0.368 e.